The summed E-state index contributed by atoms with van der Waals surface area (Å²) in [7, 11) is 0. The molecule has 3 heterocycles. The molecule has 0 spiro atoms. The fraction of sp³-hybridized carbons (Fsp3) is 0.353. The van der Waals surface area contributed by atoms with Crippen LogP contribution in [0.5, 0.6) is 5.75 Å². The van der Waals surface area contributed by atoms with Crippen LogP contribution in [0.15, 0.2) is 28.8 Å². The van der Waals surface area contributed by atoms with E-state index in [2.05, 4.69) is 10.5 Å². The van der Waals surface area contributed by atoms with Gasteiger partial charge in [-0.2, -0.15) is 11.8 Å². The summed E-state index contributed by atoms with van der Waals surface area (Å²) in [6.07, 6.45) is 0. The summed E-state index contributed by atoms with van der Waals surface area (Å²) in [5.41, 5.74) is 1.81. The normalized spacial score (nSPS) is 16.1. The summed E-state index contributed by atoms with van der Waals surface area (Å²) in [6.45, 7) is 0.342. The Kier molecular flexibility index (Phi) is 4.54. The minimum Gasteiger partial charge on any atom is -0.481 e. The zero-order chi connectivity index (χ0) is 18.1. The van der Waals surface area contributed by atoms with Crippen LogP contribution in [-0.4, -0.2) is 41.6 Å². The lowest BCUT2D eigenvalue weighted by atomic mass is 9.99. The molecule has 2 aliphatic rings. The van der Waals surface area contributed by atoms with Crippen molar-refractivity contribution in [2.45, 2.75) is 11.5 Å². The fourth-order valence-corrected chi connectivity index (χ4v) is 3.83. The highest BCUT2D eigenvalue weighted by Gasteiger charge is 2.37. The topological polar surface area (TPSA) is 84.7 Å². The molecule has 0 unspecified atom stereocenters. The number of halogens is 1. The van der Waals surface area contributed by atoms with E-state index in [0.29, 0.717) is 19.0 Å². The number of para-hydroxylation sites is 1. The molecule has 0 saturated carbocycles. The largest absolute Gasteiger partial charge is 0.481 e. The molecule has 1 aromatic heterocycles. The highest BCUT2D eigenvalue weighted by molar-refractivity contribution is 7.98. The van der Waals surface area contributed by atoms with Crippen LogP contribution in [0.25, 0.3) is 0 Å². The minimum absolute atomic E-state index is 0.0349. The third-order valence-electron chi connectivity index (χ3n) is 4.38. The van der Waals surface area contributed by atoms with Crippen LogP contribution >= 0.6 is 11.8 Å². The lowest BCUT2D eigenvalue weighted by Gasteiger charge is -2.37. The van der Waals surface area contributed by atoms with E-state index in [4.69, 9.17) is 9.26 Å². The summed E-state index contributed by atoms with van der Waals surface area (Å²) in [4.78, 5) is 25.8. The number of hydrogen-bond acceptors (Lipinski definition) is 6. The Morgan fingerprint density at radius 1 is 1.35 bits per heavy atom. The van der Waals surface area contributed by atoms with Gasteiger partial charge < -0.3 is 14.2 Å². The maximum absolute atomic E-state index is 13.5. The molecule has 2 aromatic rings. The Morgan fingerprint density at radius 3 is 2.96 bits per heavy atom. The Balaban J connectivity index is 1.25. The molecule has 1 fully saturated rings. The minimum atomic E-state index is -0.515. The maximum Gasteiger partial charge on any atom is 0.260 e. The monoisotopic (exact) mass is 377 g/mol. The highest BCUT2D eigenvalue weighted by Crippen LogP contribution is 2.34. The van der Waals surface area contributed by atoms with Crippen LogP contribution in [-0.2, 0) is 21.1 Å². The maximum atomic E-state index is 13.5. The lowest BCUT2D eigenvalue weighted by molar-refractivity contribution is -0.143. The van der Waals surface area contributed by atoms with Gasteiger partial charge in [0.05, 0.1) is 17.2 Å². The Hall–Kier alpha value is -2.55. The third kappa shape index (κ3) is 3.26. The van der Waals surface area contributed by atoms with Crippen molar-refractivity contribution in [1.82, 2.24) is 10.1 Å². The number of thioether (sulfide) groups is 1. The molecule has 7 nitrogen and oxygen atoms in total. The number of amides is 2. The van der Waals surface area contributed by atoms with Crippen LogP contribution in [0.2, 0.25) is 0 Å². The summed E-state index contributed by atoms with van der Waals surface area (Å²) < 4.78 is 23.8. The van der Waals surface area contributed by atoms with Gasteiger partial charge in [0.15, 0.2) is 18.2 Å². The van der Waals surface area contributed by atoms with Crippen LogP contribution in [0, 0.1) is 11.7 Å². The number of hydrogen-bond donors (Lipinski definition) is 1. The third-order valence-corrected chi connectivity index (χ3v) is 5.35. The number of nitrogens with one attached hydrogen (secondary N) is 1. The van der Waals surface area contributed by atoms with Gasteiger partial charge in [-0.15, -0.1) is 0 Å². The molecular weight excluding hydrogens is 361 g/mol. The Morgan fingerprint density at radius 2 is 2.15 bits per heavy atom. The first-order valence-corrected chi connectivity index (χ1v) is 9.28. The number of fused-ring (bicyclic) bond motifs is 1. The second-order valence-corrected chi connectivity index (χ2v) is 7.12. The molecule has 0 bridgehead atoms. The Bertz CT molecular complexity index is 850. The van der Waals surface area contributed by atoms with Gasteiger partial charge >= 0.3 is 0 Å². The second kappa shape index (κ2) is 6.99. The fourth-order valence-electron chi connectivity index (χ4n) is 2.81. The molecule has 9 heteroatoms. The zero-order valence-electron chi connectivity index (χ0n) is 13.7. The van der Waals surface area contributed by atoms with Crippen molar-refractivity contribution in [3.05, 3.63) is 41.3 Å². The average Bonchev–Trinajstić information content (AvgIpc) is 3.18. The average molecular weight is 377 g/mol. The molecule has 1 aromatic carbocycles. The molecule has 4 rings (SSSR count). The molecule has 1 saturated heterocycles. The SMILES string of the molecule is O=C(Nc1onc2c1CSC2)C1CN(C(=O)COc2ccccc2F)C1. The summed E-state index contributed by atoms with van der Waals surface area (Å²) in [5, 5.41) is 6.68. The van der Waals surface area contributed by atoms with Crippen molar-refractivity contribution in [3.63, 3.8) is 0 Å². The van der Waals surface area contributed by atoms with Gasteiger partial charge in [0.1, 0.15) is 0 Å². The summed E-state index contributed by atoms with van der Waals surface area (Å²) in [5.74, 6) is 0.713. The first-order valence-electron chi connectivity index (χ1n) is 8.13. The van der Waals surface area contributed by atoms with Crippen molar-refractivity contribution < 1.29 is 23.2 Å². The number of anilines is 1. The molecule has 26 heavy (non-hydrogen) atoms. The van der Waals surface area contributed by atoms with Crippen molar-refractivity contribution in [2.24, 2.45) is 5.92 Å². The highest BCUT2D eigenvalue weighted by atomic mass is 32.2. The zero-order valence-corrected chi connectivity index (χ0v) is 14.6. The van der Waals surface area contributed by atoms with Crippen LogP contribution < -0.4 is 10.1 Å². The number of ether oxygens (including phenoxy) is 1. The standard InChI is InChI=1S/C17H16FN3O4S/c18-12-3-1-2-4-14(12)24-7-15(22)21-5-10(6-21)16(23)19-17-11-8-26-9-13(11)20-25-17/h1-4,10H,5-9H2,(H,19,23). The van der Waals surface area contributed by atoms with E-state index in [9.17, 15) is 14.0 Å². The van der Waals surface area contributed by atoms with E-state index >= 15 is 0 Å². The van der Waals surface area contributed by atoms with Crippen molar-refractivity contribution in [2.75, 3.05) is 25.0 Å². The van der Waals surface area contributed by atoms with E-state index in [1.54, 1.807) is 23.9 Å². The van der Waals surface area contributed by atoms with Crippen molar-refractivity contribution in [1.29, 1.82) is 0 Å². The van der Waals surface area contributed by atoms with Gasteiger partial charge in [0, 0.05) is 24.6 Å². The number of nitrogens with zero attached hydrogens (tertiary/aromatic N) is 2. The van der Waals surface area contributed by atoms with E-state index in [1.165, 1.54) is 17.0 Å². The predicted octanol–water partition coefficient (Wildman–Crippen LogP) is 2.04. The second-order valence-electron chi connectivity index (χ2n) is 6.13. The molecule has 2 aliphatic heterocycles. The quantitative estimate of drug-likeness (QED) is 0.858. The van der Waals surface area contributed by atoms with Gasteiger partial charge in [0.2, 0.25) is 11.8 Å². The van der Waals surface area contributed by atoms with Crippen LogP contribution in [0.4, 0.5) is 10.3 Å². The van der Waals surface area contributed by atoms with E-state index in [1.807, 2.05) is 0 Å². The molecular formula is C17H16FN3O4S. The van der Waals surface area contributed by atoms with Gasteiger partial charge in [0.25, 0.3) is 5.91 Å². The lowest BCUT2D eigenvalue weighted by Crippen LogP contribution is -2.55. The molecule has 0 atom stereocenters. The molecule has 0 radical (unpaired) electrons. The summed E-state index contributed by atoms with van der Waals surface area (Å²) >= 11 is 1.72. The van der Waals surface area contributed by atoms with Crippen LogP contribution in [0.3, 0.4) is 0 Å². The van der Waals surface area contributed by atoms with Gasteiger partial charge in [-0.1, -0.05) is 17.3 Å². The molecule has 2 amide bonds. The number of aromatic nitrogens is 1. The molecule has 0 aliphatic carbocycles. The van der Waals surface area contributed by atoms with E-state index in [-0.39, 0.29) is 30.1 Å². The van der Waals surface area contributed by atoms with Crippen molar-refractivity contribution >= 4 is 29.5 Å². The smallest absolute Gasteiger partial charge is 0.260 e. The van der Waals surface area contributed by atoms with E-state index in [0.717, 1.165) is 22.8 Å². The van der Waals surface area contributed by atoms with Gasteiger partial charge in [-0.05, 0) is 12.1 Å². The first-order chi connectivity index (χ1) is 12.6. The number of carbonyl (C=O) groups is 2. The number of likely N-dealkylation sites (tertiary alicyclic amines) is 1. The number of benzene rings is 1. The predicted molar refractivity (Wildman–Crippen MR) is 92.1 cm³/mol. The van der Waals surface area contributed by atoms with Gasteiger partial charge in [-0.25, -0.2) is 4.39 Å². The van der Waals surface area contributed by atoms with Crippen molar-refractivity contribution in [3.8, 4) is 5.75 Å². The number of rotatable bonds is 5. The first kappa shape index (κ1) is 16.9. The summed E-state index contributed by atoms with van der Waals surface area (Å²) in [6, 6.07) is 5.91. The van der Waals surface area contributed by atoms with Crippen LogP contribution in [0.1, 0.15) is 11.3 Å². The van der Waals surface area contributed by atoms with E-state index < -0.39 is 5.82 Å². The molecule has 1 N–H and O–H groups in total. The Labute approximate surface area is 152 Å². The number of carbonyl (C=O) groups excluding carboxylic acids is 2. The molecule has 136 valence electrons. The van der Waals surface area contributed by atoms with Gasteiger partial charge in [-0.3, -0.25) is 14.9 Å².